The summed E-state index contributed by atoms with van der Waals surface area (Å²) in [5, 5.41) is 0. The van der Waals surface area contributed by atoms with Gasteiger partial charge in [-0.15, -0.1) is 0 Å². The molecule has 1 heteroatoms. The highest BCUT2D eigenvalue weighted by Crippen LogP contribution is 2.26. The molecule has 66 valence electrons. The molecule has 0 radical (unpaired) electrons. The van der Waals surface area contributed by atoms with Crippen molar-refractivity contribution >= 4 is 0 Å². The van der Waals surface area contributed by atoms with Gasteiger partial charge in [0.05, 0.1) is 6.10 Å². The summed E-state index contributed by atoms with van der Waals surface area (Å²) in [4.78, 5) is 0. The van der Waals surface area contributed by atoms with Gasteiger partial charge in [-0.3, -0.25) is 0 Å². The maximum atomic E-state index is 5.67. The maximum Gasteiger partial charge on any atom is 0.0581 e. The lowest BCUT2D eigenvalue weighted by molar-refractivity contribution is 0.0903. The molecule has 0 spiro atoms. The Morgan fingerprint density at radius 3 is 2.64 bits per heavy atom. The smallest absolute Gasteiger partial charge is 0.0581 e. The minimum atomic E-state index is 0.569. The van der Waals surface area contributed by atoms with Crippen LogP contribution in [0.5, 0.6) is 0 Å². The van der Waals surface area contributed by atoms with Gasteiger partial charge in [0.1, 0.15) is 0 Å². The fraction of sp³-hybridized carbons (Fsp3) is 1.00. The van der Waals surface area contributed by atoms with E-state index >= 15 is 0 Å². The van der Waals surface area contributed by atoms with Crippen LogP contribution in [0.2, 0.25) is 0 Å². The van der Waals surface area contributed by atoms with Crippen LogP contribution in [0.4, 0.5) is 0 Å². The van der Waals surface area contributed by atoms with Gasteiger partial charge in [-0.05, 0) is 24.7 Å². The van der Waals surface area contributed by atoms with Crippen LogP contribution in [0.1, 0.15) is 40.0 Å². The molecule has 0 aromatic rings. The predicted octanol–water partition coefficient (Wildman–Crippen LogP) is 2.85. The molecule has 2 unspecified atom stereocenters. The van der Waals surface area contributed by atoms with Crippen LogP contribution < -0.4 is 0 Å². The molecular weight excluding hydrogens is 136 g/mol. The van der Waals surface area contributed by atoms with Gasteiger partial charge < -0.3 is 4.74 Å². The molecule has 11 heavy (non-hydrogen) atoms. The molecule has 0 aromatic heterocycles. The lowest BCUT2D eigenvalue weighted by Crippen LogP contribution is -2.08. The van der Waals surface area contributed by atoms with Gasteiger partial charge in [0.25, 0.3) is 0 Å². The number of hydrogen-bond donors (Lipinski definition) is 0. The van der Waals surface area contributed by atoms with E-state index in [1.165, 1.54) is 19.3 Å². The fourth-order valence-corrected chi connectivity index (χ4v) is 1.75. The first-order chi connectivity index (χ1) is 5.22. The predicted molar refractivity (Wildman–Crippen MR) is 47.6 cm³/mol. The first-order valence-electron chi connectivity index (χ1n) is 4.84. The van der Waals surface area contributed by atoms with E-state index in [0.29, 0.717) is 6.10 Å². The molecule has 1 aliphatic rings. The average molecular weight is 156 g/mol. The third-order valence-corrected chi connectivity index (χ3v) is 2.48. The summed E-state index contributed by atoms with van der Waals surface area (Å²) in [6.07, 6.45) is 4.40. The summed E-state index contributed by atoms with van der Waals surface area (Å²) in [5.41, 5.74) is 0. The first kappa shape index (κ1) is 9.05. The summed E-state index contributed by atoms with van der Waals surface area (Å²) in [6.45, 7) is 7.80. The van der Waals surface area contributed by atoms with Gasteiger partial charge in [0.2, 0.25) is 0 Å². The number of rotatable bonds is 3. The molecule has 1 fully saturated rings. The summed E-state index contributed by atoms with van der Waals surface area (Å²) in [6, 6.07) is 0. The minimum absolute atomic E-state index is 0.569. The van der Waals surface area contributed by atoms with E-state index in [1.807, 2.05) is 0 Å². The fourth-order valence-electron chi connectivity index (χ4n) is 1.75. The lowest BCUT2D eigenvalue weighted by atomic mass is 9.98. The van der Waals surface area contributed by atoms with Crippen LogP contribution in [0.3, 0.4) is 0 Å². The Balaban J connectivity index is 2.19. The van der Waals surface area contributed by atoms with E-state index in [0.717, 1.165) is 18.4 Å². The van der Waals surface area contributed by atoms with Crippen LogP contribution in [-0.2, 0) is 4.74 Å². The third kappa shape index (κ3) is 2.82. The normalized spacial score (nSPS) is 31.6. The van der Waals surface area contributed by atoms with Crippen LogP contribution >= 0.6 is 0 Å². The van der Waals surface area contributed by atoms with Crippen LogP contribution in [0.15, 0.2) is 0 Å². The van der Waals surface area contributed by atoms with Crippen molar-refractivity contribution in [3.05, 3.63) is 0 Å². The summed E-state index contributed by atoms with van der Waals surface area (Å²) >= 11 is 0. The lowest BCUT2D eigenvalue weighted by Gasteiger charge is -2.11. The molecule has 0 bridgehead atoms. The van der Waals surface area contributed by atoms with Crippen molar-refractivity contribution in [1.82, 2.24) is 0 Å². The average Bonchev–Trinajstić information content (AvgIpc) is 2.34. The number of ether oxygens (including phenoxy) is 1. The van der Waals surface area contributed by atoms with Crippen molar-refractivity contribution < 1.29 is 4.74 Å². The summed E-state index contributed by atoms with van der Waals surface area (Å²) in [5.74, 6) is 1.63. The highest BCUT2D eigenvalue weighted by atomic mass is 16.5. The summed E-state index contributed by atoms with van der Waals surface area (Å²) < 4.78 is 5.67. The van der Waals surface area contributed by atoms with Crippen molar-refractivity contribution in [1.29, 1.82) is 0 Å². The van der Waals surface area contributed by atoms with Crippen molar-refractivity contribution in [2.24, 2.45) is 11.8 Å². The molecule has 1 rings (SSSR count). The van der Waals surface area contributed by atoms with E-state index in [9.17, 15) is 0 Å². The second-order valence-electron chi connectivity index (χ2n) is 4.09. The molecule has 1 saturated heterocycles. The monoisotopic (exact) mass is 156 g/mol. The van der Waals surface area contributed by atoms with E-state index in [4.69, 9.17) is 4.74 Å². The summed E-state index contributed by atoms with van der Waals surface area (Å²) in [7, 11) is 0. The van der Waals surface area contributed by atoms with Gasteiger partial charge in [-0.25, -0.2) is 0 Å². The van der Waals surface area contributed by atoms with E-state index < -0.39 is 0 Å². The van der Waals surface area contributed by atoms with E-state index in [1.54, 1.807) is 0 Å². The van der Waals surface area contributed by atoms with Crippen molar-refractivity contribution in [3.8, 4) is 0 Å². The van der Waals surface area contributed by atoms with Crippen LogP contribution in [0, 0.1) is 11.8 Å². The second kappa shape index (κ2) is 4.10. The molecule has 1 heterocycles. The van der Waals surface area contributed by atoms with Gasteiger partial charge in [0, 0.05) is 6.61 Å². The molecule has 1 aliphatic heterocycles. The molecule has 0 amide bonds. The van der Waals surface area contributed by atoms with Gasteiger partial charge >= 0.3 is 0 Å². The molecule has 0 saturated carbocycles. The van der Waals surface area contributed by atoms with Crippen molar-refractivity contribution in [2.45, 2.75) is 46.1 Å². The van der Waals surface area contributed by atoms with Gasteiger partial charge in [-0.1, -0.05) is 27.2 Å². The zero-order valence-corrected chi connectivity index (χ0v) is 7.97. The standard InChI is InChI=1S/C10H20O/c1-4-9-6-10(11-7-9)5-8(2)3/h8-10H,4-7H2,1-3H3. The molecule has 0 N–H and O–H groups in total. The Bertz CT molecular complexity index is 109. The van der Waals surface area contributed by atoms with Crippen LogP contribution in [0.25, 0.3) is 0 Å². The highest BCUT2D eigenvalue weighted by molar-refractivity contribution is 4.73. The Hall–Kier alpha value is -0.0400. The Labute approximate surface area is 70.1 Å². The van der Waals surface area contributed by atoms with Crippen LogP contribution in [-0.4, -0.2) is 12.7 Å². The van der Waals surface area contributed by atoms with Gasteiger partial charge in [-0.2, -0.15) is 0 Å². The topological polar surface area (TPSA) is 9.23 Å². The zero-order chi connectivity index (χ0) is 8.27. The maximum absolute atomic E-state index is 5.67. The highest BCUT2D eigenvalue weighted by Gasteiger charge is 2.24. The molecular formula is C10H20O. The Kier molecular flexibility index (Phi) is 3.38. The second-order valence-corrected chi connectivity index (χ2v) is 4.09. The minimum Gasteiger partial charge on any atom is -0.378 e. The van der Waals surface area contributed by atoms with Gasteiger partial charge in [0.15, 0.2) is 0 Å². The third-order valence-electron chi connectivity index (χ3n) is 2.48. The largest absolute Gasteiger partial charge is 0.378 e. The molecule has 1 nitrogen and oxygen atoms in total. The zero-order valence-electron chi connectivity index (χ0n) is 7.97. The van der Waals surface area contributed by atoms with Crippen molar-refractivity contribution in [3.63, 3.8) is 0 Å². The number of hydrogen-bond acceptors (Lipinski definition) is 1. The van der Waals surface area contributed by atoms with E-state index in [2.05, 4.69) is 20.8 Å². The Morgan fingerprint density at radius 2 is 2.18 bits per heavy atom. The molecule has 2 atom stereocenters. The molecule has 0 aromatic carbocycles. The van der Waals surface area contributed by atoms with Crippen molar-refractivity contribution in [2.75, 3.05) is 6.61 Å². The first-order valence-corrected chi connectivity index (χ1v) is 4.84. The van der Waals surface area contributed by atoms with E-state index in [-0.39, 0.29) is 0 Å². The SMILES string of the molecule is CCC1COC(CC(C)C)C1. The quantitative estimate of drug-likeness (QED) is 0.610. The Morgan fingerprint density at radius 1 is 1.45 bits per heavy atom. The molecule has 0 aliphatic carbocycles.